The van der Waals surface area contributed by atoms with Gasteiger partial charge in [-0.2, -0.15) is 0 Å². The van der Waals surface area contributed by atoms with Gasteiger partial charge in [0.05, 0.1) is 5.54 Å². The standard InChI is InChI=1S/C24H34N6O/c1-7-24(5,6)30-22(26-27-28-30)21(29-10-8-15(2)9-11-29)19-14-18-12-16(3)17(4)13-20(18)25-23(19)31/h12-15,21H,7-11H2,1-6H3,(H,25,31). The first-order valence-corrected chi connectivity index (χ1v) is 11.4. The Kier molecular flexibility index (Phi) is 5.73. The molecule has 0 aliphatic carbocycles. The number of hydrogen-bond acceptors (Lipinski definition) is 5. The molecule has 1 atom stereocenters. The molecule has 0 saturated carbocycles. The van der Waals surface area contributed by atoms with Crippen LogP contribution in [0.4, 0.5) is 0 Å². The van der Waals surface area contributed by atoms with Gasteiger partial charge in [-0.25, -0.2) is 4.68 Å². The van der Waals surface area contributed by atoms with Gasteiger partial charge in [0.15, 0.2) is 5.82 Å². The molecule has 166 valence electrons. The van der Waals surface area contributed by atoms with Crippen LogP contribution in [0, 0.1) is 19.8 Å². The second kappa shape index (κ2) is 8.19. The van der Waals surface area contributed by atoms with Crippen LogP contribution in [0.2, 0.25) is 0 Å². The number of piperidine rings is 1. The third-order valence-corrected chi connectivity index (χ3v) is 7.14. The van der Waals surface area contributed by atoms with Crippen LogP contribution in [-0.4, -0.2) is 43.2 Å². The molecule has 1 fully saturated rings. The molecule has 0 spiro atoms. The number of likely N-dealkylation sites (tertiary alicyclic amines) is 1. The van der Waals surface area contributed by atoms with E-state index in [1.165, 1.54) is 11.1 Å². The van der Waals surface area contributed by atoms with Gasteiger partial charge < -0.3 is 4.98 Å². The zero-order valence-corrected chi connectivity index (χ0v) is 19.6. The maximum atomic E-state index is 13.3. The SMILES string of the molecule is CCC(C)(C)n1nnnc1C(c1cc2cc(C)c(C)cc2[nH]c1=O)N1CCC(C)CC1. The summed E-state index contributed by atoms with van der Waals surface area (Å²) in [5, 5.41) is 13.9. The molecule has 31 heavy (non-hydrogen) atoms. The maximum Gasteiger partial charge on any atom is 0.253 e. The van der Waals surface area contributed by atoms with Crippen LogP contribution < -0.4 is 5.56 Å². The highest BCUT2D eigenvalue weighted by molar-refractivity contribution is 5.81. The number of pyridine rings is 1. The van der Waals surface area contributed by atoms with E-state index in [9.17, 15) is 4.79 Å². The van der Waals surface area contributed by atoms with Crippen molar-refractivity contribution in [2.75, 3.05) is 13.1 Å². The minimum Gasteiger partial charge on any atom is -0.322 e. The van der Waals surface area contributed by atoms with Crippen LogP contribution in [-0.2, 0) is 5.54 Å². The Labute approximate surface area is 183 Å². The summed E-state index contributed by atoms with van der Waals surface area (Å²) in [6.45, 7) is 14.7. The normalized spacial score (nSPS) is 17.4. The molecule has 7 heteroatoms. The number of aromatic nitrogens is 5. The van der Waals surface area contributed by atoms with E-state index in [0.29, 0.717) is 11.5 Å². The predicted octanol–water partition coefficient (Wildman–Crippen LogP) is 4.10. The fourth-order valence-electron chi connectivity index (χ4n) is 4.43. The first kappa shape index (κ1) is 21.7. The molecule has 7 nitrogen and oxygen atoms in total. The summed E-state index contributed by atoms with van der Waals surface area (Å²) in [7, 11) is 0. The van der Waals surface area contributed by atoms with E-state index in [0.717, 1.165) is 49.1 Å². The number of aryl methyl sites for hydroxylation is 2. The fraction of sp³-hybridized carbons (Fsp3) is 0.583. The van der Waals surface area contributed by atoms with Gasteiger partial charge >= 0.3 is 0 Å². The van der Waals surface area contributed by atoms with Crippen molar-refractivity contribution in [3.05, 3.63) is 51.1 Å². The number of tetrazole rings is 1. The number of benzene rings is 1. The van der Waals surface area contributed by atoms with Crippen LogP contribution >= 0.6 is 0 Å². The van der Waals surface area contributed by atoms with Crippen molar-refractivity contribution < 1.29 is 0 Å². The Morgan fingerprint density at radius 3 is 2.52 bits per heavy atom. The lowest BCUT2D eigenvalue weighted by Crippen LogP contribution is -2.41. The number of hydrogen-bond donors (Lipinski definition) is 1. The van der Waals surface area contributed by atoms with Gasteiger partial charge in [0.25, 0.3) is 5.56 Å². The molecule has 1 aliphatic heterocycles. The van der Waals surface area contributed by atoms with E-state index >= 15 is 0 Å². The Balaban J connectivity index is 1.90. The third-order valence-electron chi connectivity index (χ3n) is 7.14. The molecule has 1 saturated heterocycles. The third kappa shape index (κ3) is 4.03. The first-order valence-electron chi connectivity index (χ1n) is 11.4. The van der Waals surface area contributed by atoms with Gasteiger partial charge in [-0.3, -0.25) is 9.69 Å². The van der Waals surface area contributed by atoms with Crippen molar-refractivity contribution in [2.24, 2.45) is 5.92 Å². The summed E-state index contributed by atoms with van der Waals surface area (Å²) in [5.74, 6) is 1.44. The van der Waals surface area contributed by atoms with E-state index in [1.807, 2.05) is 10.7 Å². The second-order valence-electron chi connectivity index (χ2n) is 9.81. The van der Waals surface area contributed by atoms with Crippen LogP contribution in [0.1, 0.15) is 75.5 Å². The van der Waals surface area contributed by atoms with Crippen molar-refractivity contribution in [1.82, 2.24) is 30.1 Å². The molecule has 1 unspecified atom stereocenters. The van der Waals surface area contributed by atoms with Crippen molar-refractivity contribution in [3.63, 3.8) is 0 Å². The van der Waals surface area contributed by atoms with Gasteiger partial charge in [-0.1, -0.05) is 13.8 Å². The van der Waals surface area contributed by atoms with Crippen LogP contribution in [0.25, 0.3) is 10.9 Å². The van der Waals surface area contributed by atoms with Gasteiger partial charge in [-0.15, -0.1) is 5.10 Å². The van der Waals surface area contributed by atoms with Gasteiger partial charge in [-0.05, 0) is 111 Å². The van der Waals surface area contributed by atoms with E-state index in [2.05, 4.69) is 79.1 Å². The zero-order chi connectivity index (χ0) is 22.3. The van der Waals surface area contributed by atoms with Crippen molar-refractivity contribution >= 4 is 10.9 Å². The van der Waals surface area contributed by atoms with Gasteiger partial charge in [0.2, 0.25) is 0 Å². The highest BCUT2D eigenvalue weighted by Gasteiger charge is 2.35. The summed E-state index contributed by atoms with van der Waals surface area (Å²) in [6, 6.07) is 5.97. The molecular formula is C24H34N6O. The molecule has 0 amide bonds. The Morgan fingerprint density at radius 2 is 1.84 bits per heavy atom. The number of H-pyrrole nitrogens is 1. The lowest BCUT2D eigenvalue weighted by molar-refractivity contribution is 0.143. The molecular weight excluding hydrogens is 388 g/mol. The summed E-state index contributed by atoms with van der Waals surface area (Å²) in [6.07, 6.45) is 3.11. The summed E-state index contributed by atoms with van der Waals surface area (Å²) in [5.41, 5.74) is 3.67. The molecule has 0 bridgehead atoms. The molecule has 0 radical (unpaired) electrons. The maximum absolute atomic E-state index is 13.3. The molecule has 3 aromatic rings. The Morgan fingerprint density at radius 1 is 1.16 bits per heavy atom. The number of aromatic amines is 1. The highest BCUT2D eigenvalue weighted by Crippen LogP contribution is 2.33. The lowest BCUT2D eigenvalue weighted by atomic mass is 9.94. The Hall–Kier alpha value is -2.54. The predicted molar refractivity (Wildman–Crippen MR) is 123 cm³/mol. The second-order valence-corrected chi connectivity index (χ2v) is 9.81. The van der Waals surface area contributed by atoms with Gasteiger partial charge in [0.1, 0.15) is 6.04 Å². The number of nitrogens with one attached hydrogen (secondary N) is 1. The average molecular weight is 423 g/mol. The van der Waals surface area contributed by atoms with Crippen LogP contribution in [0.3, 0.4) is 0 Å². The quantitative estimate of drug-likeness (QED) is 0.670. The smallest absolute Gasteiger partial charge is 0.253 e. The molecule has 2 aromatic heterocycles. The lowest BCUT2D eigenvalue weighted by Gasteiger charge is -2.37. The minimum atomic E-state index is -0.275. The summed E-state index contributed by atoms with van der Waals surface area (Å²) >= 11 is 0. The molecule has 1 aliphatic rings. The largest absolute Gasteiger partial charge is 0.322 e. The number of fused-ring (bicyclic) bond motifs is 1. The van der Waals surface area contributed by atoms with Crippen molar-refractivity contribution in [1.29, 1.82) is 0 Å². The number of nitrogens with zero attached hydrogens (tertiary/aromatic N) is 5. The minimum absolute atomic E-state index is 0.0665. The average Bonchev–Trinajstić information content (AvgIpc) is 3.22. The van der Waals surface area contributed by atoms with Crippen molar-refractivity contribution in [3.8, 4) is 0 Å². The van der Waals surface area contributed by atoms with Crippen LogP contribution in [0.5, 0.6) is 0 Å². The molecule has 1 N–H and O–H groups in total. The van der Waals surface area contributed by atoms with E-state index < -0.39 is 0 Å². The summed E-state index contributed by atoms with van der Waals surface area (Å²) in [4.78, 5) is 18.9. The fourth-order valence-corrected chi connectivity index (χ4v) is 4.43. The molecule has 1 aromatic carbocycles. The topological polar surface area (TPSA) is 79.7 Å². The van der Waals surface area contributed by atoms with E-state index in [1.54, 1.807) is 0 Å². The molecule has 4 rings (SSSR count). The van der Waals surface area contributed by atoms with Crippen molar-refractivity contribution in [2.45, 2.75) is 72.4 Å². The first-order chi connectivity index (χ1) is 14.7. The van der Waals surface area contributed by atoms with E-state index in [-0.39, 0.29) is 17.1 Å². The van der Waals surface area contributed by atoms with Gasteiger partial charge in [0, 0.05) is 11.1 Å². The zero-order valence-electron chi connectivity index (χ0n) is 19.6. The van der Waals surface area contributed by atoms with Crippen LogP contribution in [0.15, 0.2) is 23.0 Å². The highest BCUT2D eigenvalue weighted by atomic mass is 16.1. The Bertz CT molecular complexity index is 1140. The monoisotopic (exact) mass is 422 g/mol. The number of rotatable bonds is 5. The summed E-state index contributed by atoms with van der Waals surface area (Å²) < 4.78 is 1.92. The molecule has 3 heterocycles. The van der Waals surface area contributed by atoms with E-state index in [4.69, 9.17) is 0 Å².